The van der Waals surface area contributed by atoms with Gasteiger partial charge in [0.15, 0.2) is 0 Å². The molecule has 5 nitrogen and oxygen atoms in total. The van der Waals surface area contributed by atoms with Gasteiger partial charge in [-0.15, -0.1) is 6.58 Å². The maximum Gasteiger partial charge on any atom is 0.147 e. The molecule has 0 saturated heterocycles. The summed E-state index contributed by atoms with van der Waals surface area (Å²) in [5.74, 6) is 2.57. The molecule has 1 fully saturated rings. The van der Waals surface area contributed by atoms with Crippen LogP contribution in [-0.4, -0.2) is 50.7 Å². The van der Waals surface area contributed by atoms with Gasteiger partial charge in [0.1, 0.15) is 13.1 Å². The molecule has 2 aromatic carbocycles. The number of aryl methyl sites for hydroxylation is 4. The highest BCUT2D eigenvalue weighted by Gasteiger charge is 2.22. The number of carbonyl (C=O) groups is 2. The van der Waals surface area contributed by atoms with Crippen molar-refractivity contribution in [3.8, 4) is 11.1 Å². The predicted molar refractivity (Wildman–Crippen MR) is 198 cm³/mol. The van der Waals surface area contributed by atoms with Crippen LogP contribution < -0.4 is 0 Å². The summed E-state index contributed by atoms with van der Waals surface area (Å²) < 4.78 is 5.43. The van der Waals surface area contributed by atoms with Crippen molar-refractivity contribution < 1.29 is 24.5 Å². The lowest BCUT2D eigenvalue weighted by Gasteiger charge is -2.29. The van der Waals surface area contributed by atoms with E-state index in [0.29, 0.717) is 12.2 Å². The summed E-state index contributed by atoms with van der Waals surface area (Å²) in [5, 5.41) is 15.0. The number of aldehydes is 1. The Morgan fingerprint density at radius 1 is 0.894 bits per heavy atom. The number of ether oxygens (including phenoxy) is 1. The molecule has 0 heterocycles. The normalized spacial score (nSPS) is 16.7. The standard InChI is InChI=1S/C36H52O.C4H6O2.CH4O.CH2O/c1-5-8-30-17-21-35-33(24-30)19-20-34-25-31(18-22-36(34)35)16-15-29-13-11-28(12-14-29)9-6-7-10-32(26-37-4)23-27(2)3;1-4(2-5)3-6;2*1-2/h17-18,21-22,24-25,28-29,32H,2,5-16,19-20,23,26H2,1,3-4H3;2,6H,1,3H2;2H,1H3;1H2. The highest BCUT2D eigenvalue weighted by Crippen LogP contribution is 2.37. The first-order valence-corrected chi connectivity index (χ1v) is 17.7. The fourth-order valence-electron chi connectivity index (χ4n) is 7.16. The minimum Gasteiger partial charge on any atom is -0.400 e. The second-order valence-electron chi connectivity index (χ2n) is 13.4. The van der Waals surface area contributed by atoms with Crippen LogP contribution in [0.1, 0.15) is 107 Å². The van der Waals surface area contributed by atoms with Gasteiger partial charge in [-0.05, 0) is 103 Å². The molecule has 0 aliphatic heterocycles. The van der Waals surface area contributed by atoms with Crippen LogP contribution in [0.4, 0.5) is 0 Å². The van der Waals surface area contributed by atoms with Crippen molar-refractivity contribution in [2.45, 2.75) is 110 Å². The van der Waals surface area contributed by atoms with Crippen LogP contribution in [0.5, 0.6) is 0 Å². The predicted octanol–water partition coefficient (Wildman–Crippen LogP) is 9.09. The number of methoxy groups -OCH3 is 1. The molecular formula is C42H64O5. The molecule has 1 unspecified atom stereocenters. The largest absolute Gasteiger partial charge is 0.400 e. The lowest BCUT2D eigenvalue weighted by Crippen LogP contribution is -2.15. The second-order valence-corrected chi connectivity index (χ2v) is 13.4. The molecule has 1 atom stereocenters. The lowest BCUT2D eigenvalue weighted by molar-refractivity contribution is -0.105. The van der Waals surface area contributed by atoms with Crippen molar-refractivity contribution >= 4 is 13.1 Å². The molecule has 0 amide bonds. The number of allylic oxidation sites excluding steroid dienone is 1. The highest BCUT2D eigenvalue weighted by molar-refractivity contribution is 5.74. The van der Waals surface area contributed by atoms with Gasteiger partial charge in [0.25, 0.3) is 0 Å². The van der Waals surface area contributed by atoms with Crippen molar-refractivity contribution in [1.29, 1.82) is 0 Å². The first kappa shape index (κ1) is 42.2. The topological polar surface area (TPSA) is 83.8 Å². The summed E-state index contributed by atoms with van der Waals surface area (Å²) in [7, 11) is 2.83. The zero-order valence-electron chi connectivity index (χ0n) is 30.0. The Balaban J connectivity index is 0.000000979. The zero-order valence-corrected chi connectivity index (χ0v) is 30.0. The van der Waals surface area contributed by atoms with Crippen LogP contribution in [0.15, 0.2) is 60.7 Å². The van der Waals surface area contributed by atoms with Crippen LogP contribution in [0.2, 0.25) is 0 Å². The van der Waals surface area contributed by atoms with Gasteiger partial charge in [0.05, 0.1) is 6.61 Å². The van der Waals surface area contributed by atoms with Crippen LogP contribution in [0.3, 0.4) is 0 Å². The third kappa shape index (κ3) is 15.7. The summed E-state index contributed by atoms with van der Waals surface area (Å²) in [6.07, 6.45) is 20.4. The van der Waals surface area contributed by atoms with Crippen LogP contribution in [0.25, 0.3) is 11.1 Å². The van der Waals surface area contributed by atoms with Gasteiger partial charge in [-0.1, -0.05) is 107 Å². The van der Waals surface area contributed by atoms with E-state index in [1.807, 2.05) is 13.9 Å². The Morgan fingerprint density at radius 2 is 1.43 bits per heavy atom. The van der Waals surface area contributed by atoms with E-state index in [-0.39, 0.29) is 12.2 Å². The number of carbonyl (C=O) groups excluding carboxylic acids is 2. The monoisotopic (exact) mass is 648 g/mol. The Morgan fingerprint density at radius 3 is 1.87 bits per heavy atom. The van der Waals surface area contributed by atoms with E-state index >= 15 is 0 Å². The minimum absolute atomic E-state index is 0.218. The van der Waals surface area contributed by atoms with Gasteiger partial charge in [-0.25, -0.2) is 0 Å². The van der Waals surface area contributed by atoms with Crippen molar-refractivity contribution in [3.05, 3.63) is 83.0 Å². The van der Waals surface area contributed by atoms with E-state index in [4.69, 9.17) is 19.7 Å². The van der Waals surface area contributed by atoms with E-state index < -0.39 is 0 Å². The number of unbranched alkanes of at least 4 members (excludes halogenated alkanes) is 1. The third-order valence-electron chi connectivity index (χ3n) is 9.52. The Labute approximate surface area is 286 Å². The minimum atomic E-state index is -0.233. The number of hydrogen-bond donors (Lipinski definition) is 2. The summed E-state index contributed by atoms with van der Waals surface area (Å²) in [6, 6.07) is 14.6. The maximum absolute atomic E-state index is 9.48. The zero-order chi connectivity index (χ0) is 35.0. The summed E-state index contributed by atoms with van der Waals surface area (Å²) >= 11 is 0. The van der Waals surface area contributed by atoms with Crippen LogP contribution >= 0.6 is 0 Å². The average molecular weight is 649 g/mol. The smallest absolute Gasteiger partial charge is 0.147 e. The molecule has 2 aliphatic carbocycles. The summed E-state index contributed by atoms with van der Waals surface area (Å²) in [5.41, 5.74) is 10.7. The SMILES string of the molecule is C=C(C)CC(CCCCC1CCC(CCc2ccc3c(c2)CCc2cc(CCC)ccc2-3)CC1)COC.C=C(C=O)CO.C=O.CO. The molecule has 4 rings (SSSR count). The number of rotatable bonds is 16. The molecular weight excluding hydrogens is 584 g/mol. The lowest BCUT2D eigenvalue weighted by atomic mass is 9.77. The summed E-state index contributed by atoms with van der Waals surface area (Å²) in [4.78, 5) is 17.5. The van der Waals surface area contributed by atoms with E-state index in [0.717, 1.165) is 32.0 Å². The highest BCUT2D eigenvalue weighted by atomic mass is 16.5. The average Bonchev–Trinajstić information content (AvgIpc) is 3.11. The van der Waals surface area contributed by atoms with Gasteiger partial charge < -0.3 is 19.7 Å². The maximum atomic E-state index is 9.48. The molecule has 0 aromatic heterocycles. The molecule has 0 bridgehead atoms. The van der Waals surface area contributed by atoms with Gasteiger partial charge in [-0.3, -0.25) is 4.79 Å². The molecule has 0 radical (unpaired) electrons. The van der Waals surface area contributed by atoms with Gasteiger partial charge in [0.2, 0.25) is 0 Å². The van der Waals surface area contributed by atoms with Crippen molar-refractivity contribution in [2.75, 3.05) is 27.4 Å². The van der Waals surface area contributed by atoms with Gasteiger partial charge in [0, 0.05) is 26.4 Å². The molecule has 47 heavy (non-hydrogen) atoms. The van der Waals surface area contributed by atoms with E-state index in [9.17, 15) is 4.79 Å². The second kappa shape index (κ2) is 25.2. The van der Waals surface area contributed by atoms with Crippen molar-refractivity contribution in [3.63, 3.8) is 0 Å². The van der Waals surface area contributed by atoms with Crippen molar-refractivity contribution in [1.82, 2.24) is 0 Å². The van der Waals surface area contributed by atoms with E-state index in [1.165, 1.54) is 112 Å². The van der Waals surface area contributed by atoms with E-state index in [1.54, 1.807) is 16.7 Å². The van der Waals surface area contributed by atoms with Crippen LogP contribution in [0, 0.1) is 17.8 Å². The van der Waals surface area contributed by atoms with Crippen LogP contribution in [-0.2, 0) is 40.0 Å². The quantitative estimate of drug-likeness (QED) is 0.0821. The molecule has 2 N–H and O–H groups in total. The molecule has 5 heteroatoms. The molecule has 2 aromatic rings. The van der Waals surface area contributed by atoms with Crippen molar-refractivity contribution in [2.24, 2.45) is 17.8 Å². The first-order chi connectivity index (χ1) is 22.9. The Kier molecular flexibility index (Phi) is 22.6. The fraction of sp³-hybridized carbons (Fsp3) is 0.571. The Hall–Kier alpha value is -2.86. The molecule has 2 aliphatic rings. The number of hydrogen-bond acceptors (Lipinski definition) is 5. The third-order valence-corrected chi connectivity index (χ3v) is 9.52. The molecule has 262 valence electrons. The number of aliphatic hydroxyl groups excluding tert-OH is 2. The molecule has 1 saturated carbocycles. The van der Waals surface area contributed by atoms with E-state index in [2.05, 4.69) is 63.4 Å². The fourth-order valence-corrected chi connectivity index (χ4v) is 7.16. The van der Waals surface area contributed by atoms with Gasteiger partial charge in [-0.2, -0.15) is 0 Å². The first-order valence-electron chi connectivity index (χ1n) is 17.7. The number of fused-ring (bicyclic) bond motifs is 3. The number of aliphatic hydroxyl groups is 2. The Bertz CT molecular complexity index is 1180. The summed E-state index contributed by atoms with van der Waals surface area (Å²) in [6.45, 7) is 14.3. The molecule has 0 spiro atoms. The number of benzene rings is 2. The van der Waals surface area contributed by atoms with Gasteiger partial charge >= 0.3 is 0 Å².